The van der Waals surface area contributed by atoms with Crippen LogP contribution in [0.1, 0.15) is 25.0 Å². The highest BCUT2D eigenvalue weighted by Crippen LogP contribution is 2.27. The van der Waals surface area contributed by atoms with E-state index in [-0.39, 0.29) is 18.3 Å². The summed E-state index contributed by atoms with van der Waals surface area (Å²) >= 11 is 0. The molecule has 2 rings (SSSR count). The van der Waals surface area contributed by atoms with Crippen molar-refractivity contribution in [1.29, 1.82) is 0 Å². The van der Waals surface area contributed by atoms with Gasteiger partial charge in [0.2, 0.25) is 5.91 Å². The molecule has 1 amide bonds. The maximum Gasteiger partial charge on any atom is 0.230 e. The summed E-state index contributed by atoms with van der Waals surface area (Å²) in [7, 11) is 0. The van der Waals surface area contributed by atoms with E-state index in [4.69, 9.17) is 5.73 Å². The first-order chi connectivity index (χ1) is 7.54. The van der Waals surface area contributed by atoms with Gasteiger partial charge in [-0.3, -0.25) is 4.79 Å². The fraction of sp³-hybridized carbons (Fsp3) is 0.462. The largest absolute Gasteiger partial charge is 0.334 e. The van der Waals surface area contributed by atoms with Gasteiger partial charge in [0.25, 0.3) is 0 Å². The number of hydrogen-bond acceptors (Lipinski definition) is 2. The number of carbonyl (C=O) groups excluding carboxylic acids is 1. The highest BCUT2D eigenvalue weighted by atomic mass is 35.5. The Morgan fingerprint density at radius 2 is 1.76 bits per heavy atom. The van der Waals surface area contributed by atoms with Crippen molar-refractivity contribution in [2.45, 2.75) is 26.9 Å². The molecule has 0 saturated heterocycles. The first-order valence-corrected chi connectivity index (χ1v) is 5.61. The molecule has 4 heteroatoms. The molecule has 94 valence electrons. The Balaban J connectivity index is 0.00000144. The van der Waals surface area contributed by atoms with Crippen molar-refractivity contribution in [2.24, 2.45) is 11.1 Å². The molecule has 0 fully saturated rings. The van der Waals surface area contributed by atoms with E-state index in [2.05, 4.69) is 12.1 Å². The number of amides is 1. The standard InChI is InChI=1S/C13H18N2O.ClH/c1-13(2,9-14)12(16)15-7-10-5-3-4-6-11(10)8-15;/h3-6H,7-9,14H2,1-2H3;1H. The summed E-state index contributed by atoms with van der Waals surface area (Å²) in [6.45, 7) is 5.63. The molecule has 0 radical (unpaired) electrons. The predicted molar refractivity (Wildman–Crippen MR) is 70.8 cm³/mol. The van der Waals surface area contributed by atoms with Crippen LogP contribution in [-0.4, -0.2) is 17.4 Å². The van der Waals surface area contributed by atoms with Gasteiger partial charge < -0.3 is 10.6 Å². The monoisotopic (exact) mass is 254 g/mol. The average molecular weight is 255 g/mol. The fourth-order valence-electron chi connectivity index (χ4n) is 1.99. The van der Waals surface area contributed by atoms with Gasteiger partial charge in [0.15, 0.2) is 0 Å². The zero-order chi connectivity index (χ0) is 11.8. The van der Waals surface area contributed by atoms with Crippen LogP contribution in [0.15, 0.2) is 24.3 Å². The molecular weight excluding hydrogens is 236 g/mol. The van der Waals surface area contributed by atoms with Crippen LogP contribution < -0.4 is 5.73 Å². The molecule has 0 atom stereocenters. The normalized spacial score (nSPS) is 14.2. The van der Waals surface area contributed by atoms with Crippen molar-refractivity contribution in [3.05, 3.63) is 35.4 Å². The Morgan fingerprint density at radius 3 is 2.18 bits per heavy atom. The van der Waals surface area contributed by atoms with Crippen LogP contribution in [0.25, 0.3) is 0 Å². The second-order valence-electron chi connectivity index (χ2n) is 5.02. The van der Waals surface area contributed by atoms with Gasteiger partial charge in [0, 0.05) is 19.6 Å². The minimum Gasteiger partial charge on any atom is -0.334 e. The molecule has 0 saturated carbocycles. The van der Waals surface area contributed by atoms with E-state index >= 15 is 0 Å². The van der Waals surface area contributed by atoms with Crippen LogP contribution in [0.2, 0.25) is 0 Å². The van der Waals surface area contributed by atoms with Gasteiger partial charge in [-0.15, -0.1) is 12.4 Å². The molecule has 17 heavy (non-hydrogen) atoms. The second-order valence-corrected chi connectivity index (χ2v) is 5.02. The van der Waals surface area contributed by atoms with Gasteiger partial charge in [0.05, 0.1) is 5.41 Å². The third-order valence-corrected chi connectivity index (χ3v) is 3.22. The van der Waals surface area contributed by atoms with Gasteiger partial charge in [0.1, 0.15) is 0 Å². The van der Waals surface area contributed by atoms with Crippen molar-refractivity contribution in [2.75, 3.05) is 6.54 Å². The molecule has 0 bridgehead atoms. The molecule has 0 spiro atoms. The van der Waals surface area contributed by atoms with Gasteiger partial charge >= 0.3 is 0 Å². The van der Waals surface area contributed by atoms with Gasteiger partial charge in [-0.2, -0.15) is 0 Å². The Bertz CT molecular complexity index is 393. The van der Waals surface area contributed by atoms with Crippen LogP contribution in [0.5, 0.6) is 0 Å². The molecule has 1 heterocycles. The van der Waals surface area contributed by atoms with E-state index in [1.165, 1.54) is 11.1 Å². The number of nitrogens with two attached hydrogens (primary N) is 1. The molecule has 0 aromatic heterocycles. The number of carbonyl (C=O) groups is 1. The van der Waals surface area contributed by atoms with E-state index < -0.39 is 5.41 Å². The lowest BCUT2D eigenvalue weighted by Crippen LogP contribution is -2.42. The molecule has 3 nitrogen and oxygen atoms in total. The van der Waals surface area contributed by atoms with Crippen molar-refractivity contribution in [3.63, 3.8) is 0 Å². The van der Waals surface area contributed by atoms with Crippen LogP contribution in [-0.2, 0) is 17.9 Å². The van der Waals surface area contributed by atoms with Crippen LogP contribution in [0.3, 0.4) is 0 Å². The zero-order valence-corrected chi connectivity index (χ0v) is 11.1. The lowest BCUT2D eigenvalue weighted by atomic mass is 9.92. The highest BCUT2D eigenvalue weighted by molar-refractivity contribution is 5.85. The Hall–Kier alpha value is -1.06. The van der Waals surface area contributed by atoms with Gasteiger partial charge in [-0.05, 0) is 25.0 Å². The Kier molecular flexibility index (Phi) is 4.17. The molecule has 2 N–H and O–H groups in total. The minimum absolute atomic E-state index is 0. The zero-order valence-electron chi connectivity index (χ0n) is 10.3. The lowest BCUT2D eigenvalue weighted by Gasteiger charge is -2.27. The second kappa shape index (κ2) is 5.07. The molecule has 1 aliphatic rings. The Labute approximate surface area is 108 Å². The summed E-state index contributed by atoms with van der Waals surface area (Å²) in [6, 6.07) is 8.19. The summed E-state index contributed by atoms with van der Waals surface area (Å²) in [5.41, 5.74) is 7.68. The van der Waals surface area contributed by atoms with E-state index in [0.717, 1.165) is 13.1 Å². The quantitative estimate of drug-likeness (QED) is 0.877. The minimum atomic E-state index is -0.456. The summed E-state index contributed by atoms with van der Waals surface area (Å²) in [5, 5.41) is 0. The van der Waals surface area contributed by atoms with Crippen molar-refractivity contribution >= 4 is 18.3 Å². The number of fused-ring (bicyclic) bond motifs is 1. The number of rotatable bonds is 2. The van der Waals surface area contributed by atoms with Crippen LogP contribution >= 0.6 is 12.4 Å². The average Bonchev–Trinajstić information content (AvgIpc) is 2.71. The highest BCUT2D eigenvalue weighted by Gasteiger charge is 2.33. The summed E-state index contributed by atoms with van der Waals surface area (Å²) < 4.78 is 0. The van der Waals surface area contributed by atoms with Crippen molar-refractivity contribution < 1.29 is 4.79 Å². The van der Waals surface area contributed by atoms with E-state index in [0.29, 0.717) is 6.54 Å². The summed E-state index contributed by atoms with van der Waals surface area (Å²) in [5.74, 6) is 0.145. The topological polar surface area (TPSA) is 46.3 Å². The lowest BCUT2D eigenvalue weighted by molar-refractivity contribution is -0.140. The molecular formula is C13H19ClN2O. The van der Waals surface area contributed by atoms with Crippen LogP contribution in [0.4, 0.5) is 0 Å². The summed E-state index contributed by atoms with van der Waals surface area (Å²) in [4.78, 5) is 14.1. The molecule has 1 aromatic rings. The number of nitrogens with zero attached hydrogens (tertiary/aromatic N) is 1. The third kappa shape index (κ3) is 2.61. The molecule has 1 aromatic carbocycles. The molecule has 0 unspecified atom stereocenters. The smallest absolute Gasteiger partial charge is 0.230 e. The SMILES string of the molecule is CC(C)(CN)C(=O)N1Cc2ccccc2C1.Cl. The third-order valence-electron chi connectivity index (χ3n) is 3.22. The van der Waals surface area contributed by atoms with E-state index in [1.807, 2.05) is 30.9 Å². The number of benzene rings is 1. The van der Waals surface area contributed by atoms with Crippen LogP contribution in [0, 0.1) is 5.41 Å². The van der Waals surface area contributed by atoms with E-state index in [1.54, 1.807) is 0 Å². The number of halogens is 1. The van der Waals surface area contributed by atoms with Crippen molar-refractivity contribution in [1.82, 2.24) is 4.90 Å². The molecule has 1 aliphatic heterocycles. The predicted octanol–water partition coefficient (Wildman–Crippen LogP) is 1.94. The van der Waals surface area contributed by atoms with Gasteiger partial charge in [-0.1, -0.05) is 24.3 Å². The van der Waals surface area contributed by atoms with E-state index in [9.17, 15) is 4.79 Å². The van der Waals surface area contributed by atoms with Gasteiger partial charge in [-0.25, -0.2) is 0 Å². The van der Waals surface area contributed by atoms with Crippen molar-refractivity contribution in [3.8, 4) is 0 Å². The maximum absolute atomic E-state index is 12.2. The summed E-state index contributed by atoms with van der Waals surface area (Å²) in [6.07, 6.45) is 0. The maximum atomic E-state index is 12.2. The fourth-order valence-corrected chi connectivity index (χ4v) is 1.99. The Morgan fingerprint density at radius 1 is 1.29 bits per heavy atom. The first-order valence-electron chi connectivity index (χ1n) is 5.61. The number of hydrogen-bond donors (Lipinski definition) is 1. The first kappa shape index (κ1) is 14.0. The molecule has 0 aliphatic carbocycles.